The zero-order valence-electron chi connectivity index (χ0n) is 11.5. The maximum absolute atomic E-state index is 11.7. The van der Waals surface area contributed by atoms with Gasteiger partial charge in [0.15, 0.2) is 9.84 Å². The van der Waals surface area contributed by atoms with Crippen LogP contribution in [0.5, 0.6) is 0 Å². The van der Waals surface area contributed by atoms with Crippen molar-refractivity contribution in [3.63, 3.8) is 0 Å². The highest BCUT2D eigenvalue weighted by Gasteiger charge is 2.08. The van der Waals surface area contributed by atoms with E-state index in [0.29, 0.717) is 10.6 Å². The fraction of sp³-hybridized carbons (Fsp3) is 0.143. The second-order valence-electron chi connectivity index (χ2n) is 4.41. The summed E-state index contributed by atoms with van der Waals surface area (Å²) in [7, 11) is -3.21. The molecule has 0 radical (unpaired) electrons. The van der Waals surface area contributed by atoms with E-state index in [1.807, 2.05) is 5.38 Å². The van der Waals surface area contributed by atoms with Crippen LogP contribution in [0.3, 0.4) is 0 Å². The summed E-state index contributed by atoms with van der Waals surface area (Å²) in [5.41, 5.74) is 3.81. The van der Waals surface area contributed by atoms with Gasteiger partial charge in [0, 0.05) is 6.26 Å². The second-order valence-corrected chi connectivity index (χ2v) is 7.38. The van der Waals surface area contributed by atoms with E-state index in [1.54, 1.807) is 31.2 Å². The molecule has 1 aromatic heterocycles. The lowest BCUT2D eigenvalue weighted by Gasteiger charge is -2.03. The predicted molar refractivity (Wildman–Crippen MR) is 83.5 cm³/mol. The largest absolute Gasteiger partial charge is 0.281 e. The molecule has 0 unspecified atom stereocenters. The summed E-state index contributed by atoms with van der Waals surface area (Å²) in [6, 6.07) is 9.86. The quantitative estimate of drug-likeness (QED) is 0.693. The van der Waals surface area contributed by atoms with Crippen molar-refractivity contribution in [2.24, 2.45) is 5.10 Å². The number of hydrazone groups is 1. The molecule has 0 fully saturated rings. The minimum Gasteiger partial charge on any atom is -0.266 e. The molecule has 0 aliphatic heterocycles. The van der Waals surface area contributed by atoms with Gasteiger partial charge in [-0.2, -0.15) is 5.10 Å². The van der Waals surface area contributed by atoms with Crippen LogP contribution in [0.25, 0.3) is 0 Å². The minimum absolute atomic E-state index is 0.252. The monoisotopic (exact) mass is 322 g/mol. The molecule has 2 rings (SSSR count). The molecule has 110 valence electrons. The minimum atomic E-state index is -3.21. The van der Waals surface area contributed by atoms with Crippen molar-refractivity contribution in [1.82, 2.24) is 5.43 Å². The van der Waals surface area contributed by atoms with Gasteiger partial charge in [-0.25, -0.2) is 13.8 Å². The topological polar surface area (TPSA) is 75.6 Å². The van der Waals surface area contributed by atoms with Gasteiger partial charge in [0.2, 0.25) is 0 Å². The van der Waals surface area contributed by atoms with Gasteiger partial charge in [-0.15, -0.1) is 11.3 Å². The number of thiophene rings is 1. The molecule has 1 heterocycles. The second kappa shape index (κ2) is 6.19. The zero-order chi connectivity index (χ0) is 15.5. The van der Waals surface area contributed by atoms with Crippen molar-refractivity contribution in [2.45, 2.75) is 11.8 Å². The zero-order valence-corrected chi connectivity index (χ0v) is 13.2. The van der Waals surface area contributed by atoms with Gasteiger partial charge in [-0.05, 0) is 36.1 Å². The Labute approximate surface area is 127 Å². The standard InChI is InChI=1S/C14H14N2O3S2/c1-10(15-16-14(17)13-4-3-9-20-13)11-5-7-12(8-6-11)21(2,18)19/h3-9H,1-2H3,(H,16,17)/b15-10-. The number of nitrogens with zero attached hydrogens (tertiary/aromatic N) is 1. The molecule has 5 nitrogen and oxygen atoms in total. The number of carbonyl (C=O) groups excluding carboxylic acids is 1. The summed E-state index contributed by atoms with van der Waals surface area (Å²) in [6.45, 7) is 1.74. The van der Waals surface area contributed by atoms with E-state index in [9.17, 15) is 13.2 Å². The smallest absolute Gasteiger partial charge is 0.266 e. The van der Waals surface area contributed by atoms with Crippen molar-refractivity contribution in [2.75, 3.05) is 6.26 Å². The van der Waals surface area contributed by atoms with Crippen molar-refractivity contribution < 1.29 is 13.2 Å². The Hall–Kier alpha value is -1.99. The highest BCUT2D eigenvalue weighted by molar-refractivity contribution is 7.90. The third-order valence-electron chi connectivity index (χ3n) is 2.77. The Morgan fingerprint density at radius 1 is 1.19 bits per heavy atom. The molecule has 0 bridgehead atoms. The van der Waals surface area contributed by atoms with Gasteiger partial charge < -0.3 is 0 Å². The van der Waals surface area contributed by atoms with E-state index >= 15 is 0 Å². The summed E-state index contributed by atoms with van der Waals surface area (Å²) < 4.78 is 22.7. The lowest BCUT2D eigenvalue weighted by atomic mass is 10.1. The van der Waals surface area contributed by atoms with Gasteiger partial charge in [-0.1, -0.05) is 18.2 Å². The molecule has 2 aromatic rings. The predicted octanol–water partition coefficient (Wildman–Crippen LogP) is 2.31. The summed E-state index contributed by atoms with van der Waals surface area (Å²) in [5, 5.41) is 5.83. The average molecular weight is 322 g/mol. The lowest BCUT2D eigenvalue weighted by molar-refractivity contribution is 0.0959. The molecule has 0 saturated carbocycles. The van der Waals surface area contributed by atoms with E-state index in [4.69, 9.17) is 0 Å². The normalized spacial score (nSPS) is 12.2. The first-order chi connectivity index (χ1) is 9.88. The van der Waals surface area contributed by atoms with Crippen LogP contribution in [0.1, 0.15) is 22.2 Å². The van der Waals surface area contributed by atoms with E-state index in [2.05, 4.69) is 10.5 Å². The average Bonchev–Trinajstić information content (AvgIpc) is 2.98. The molecule has 0 aliphatic carbocycles. The Morgan fingerprint density at radius 2 is 1.86 bits per heavy atom. The number of hydrogen-bond acceptors (Lipinski definition) is 5. The van der Waals surface area contributed by atoms with E-state index in [1.165, 1.54) is 23.5 Å². The molecular weight excluding hydrogens is 308 g/mol. The van der Waals surface area contributed by atoms with Crippen molar-refractivity contribution in [3.8, 4) is 0 Å². The van der Waals surface area contributed by atoms with Crippen LogP contribution in [-0.2, 0) is 9.84 Å². The van der Waals surface area contributed by atoms with Crippen molar-refractivity contribution in [1.29, 1.82) is 0 Å². The molecule has 0 atom stereocenters. The molecule has 1 amide bonds. The maximum Gasteiger partial charge on any atom is 0.281 e. The highest BCUT2D eigenvalue weighted by Crippen LogP contribution is 2.11. The molecular formula is C14H14N2O3S2. The Kier molecular flexibility index (Phi) is 4.54. The summed E-state index contributed by atoms with van der Waals surface area (Å²) in [5.74, 6) is -0.267. The van der Waals surface area contributed by atoms with Crippen LogP contribution < -0.4 is 5.43 Å². The number of benzene rings is 1. The van der Waals surface area contributed by atoms with E-state index < -0.39 is 9.84 Å². The number of sulfone groups is 1. The lowest BCUT2D eigenvalue weighted by Crippen LogP contribution is -2.18. The van der Waals surface area contributed by atoms with Crippen LogP contribution in [0, 0.1) is 0 Å². The van der Waals surface area contributed by atoms with Crippen LogP contribution in [0.2, 0.25) is 0 Å². The number of nitrogens with one attached hydrogen (secondary N) is 1. The van der Waals surface area contributed by atoms with E-state index in [-0.39, 0.29) is 10.8 Å². The van der Waals surface area contributed by atoms with Crippen molar-refractivity contribution >= 4 is 32.8 Å². The third kappa shape index (κ3) is 3.99. The molecule has 21 heavy (non-hydrogen) atoms. The summed E-state index contributed by atoms with van der Waals surface area (Å²) in [6.07, 6.45) is 1.16. The number of rotatable bonds is 4. The number of hydrogen-bond donors (Lipinski definition) is 1. The maximum atomic E-state index is 11.7. The molecule has 0 spiro atoms. The van der Waals surface area contributed by atoms with Crippen LogP contribution in [0.15, 0.2) is 51.8 Å². The van der Waals surface area contributed by atoms with Gasteiger partial charge >= 0.3 is 0 Å². The molecule has 7 heteroatoms. The van der Waals surface area contributed by atoms with E-state index in [0.717, 1.165) is 11.8 Å². The summed E-state index contributed by atoms with van der Waals surface area (Å²) in [4.78, 5) is 12.6. The molecule has 1 N–H and O–H groups in total. The van der Waals surface area contributed by atoms with Gasteiger partial charge in [0.05, 0.1) is 15.5 Å². The SMILES string of the molecule is C/C(=N/NC(=O)c1cccs1)c1ccc(S(C)(=O)=O)cc1. The molecule has 1 aromatic carbocycles. The first kappa shape index (κ1) is 15.4. The first-order valence-electron chi connectivity index (χ1n) is 6.06. The Balaban J connectivity index is 2.11. The van der Waals surface area contributed by atoms with Crippen molar-refractivity contribution in [3.05, 3.63) is 52.2 Å². The number of carbonyl (C=O) groups is 1. The van der Waals surface area contributed by atoms with Crippen LogP contribution >= 0.6 is 11.3 Å². The Morgan fingerprint density at radius 3 is 2.38 bits per heavy atom. The fourth-order valence-corrected chi connectivity index (χ4v) is 2.85. The van der Waals surface area contributed by atoms with Gasteiger partial charge in [0.25, 0.3) is 5.91 Å². The number of amides is 1. The van der Waals surface area contributed by atoms with Gasteiger partial charge in [0.1, 0.15) is 0 Å². The first-order valence-corrected chi connectivity index (χ1v) is 8.83. The highest BCUT2D eigenvalue weighted by atomic mass is 32.2. The Bertz CT molecular complexity index is 761. The van der Waals surface area contributed by atoms with Crippen LogP contribution in [-0.4, -0.2) is 26.3 Å². The van der Waals surface area contributed by atoms with Crippen LogP contribution in [0.4, 0.5) is 0 Å². The van der Waals surface area contributed by atoms with Gasteiger partial charge in [-0.3, -0.25) is 4.79 Å². The third-order valence-corrected chi connectivity index (χ3v) is 4.77. The fourth-order valence-electron chi connectivity index (χ4n) is 1.61. The molecule has 0 aliphatic rings. The summed E-state index contributed by atoms with van der Waals surface area (Å²) >= 11 is 1.34. The molecule has 0 saturated heterocycles.